The van der Waals surface area contributed by atoms with Crippen LogP contribution in [-0.4, -0.2) is 23.7 Å². The molecule has 24 heavy (non-hydrogen) atoms. The lowest BCUT2D eigenvalue weighted by atomic mass is 10.1. The number of hydrogen-bond acceptors (Lipinski definition) is 4. The molecule has 1 amide bonds. The zero-order valence-corrected chi connectivity index (χ0v) is 13.2. The minimum atomic E-state index is -0.326. The summed E-state index contributed by atoms with van der Waals surface area (Å²) in [6, 6.07) is 8.96. The number of hydrogen-bond donors (Lipinski definition) is 2. The first-order valence-corrected chi connectivity index (χ1v) is 8.04. The van der Waals surface area contributed by atoms with Crippen molar-refractivity contribution in [2.75, 3.05) is 6.61 Å². The molecular formula is C18H20FNO4. The monoisotopic (exact) mass is 333 g/mol. The Morgan fingerprint density at radius 1 is 1.29 bits per heavy atom. The van der Waals surface area contributed by atoms with Gasteiger partial charge in [0, 0.05) is 12.6 Å². The number of aliphatic hydroxyl groups excluding tert-OH is 1. The van der Waals surface area contributed by atoms with E-state index in [2.05, 4.69) is 5.32 Å². The Labute approximate surface area is 139 Å². The van der Waals surface area contributed by atoms with Crippen molar-refractivity contribution in [3.8, 4) is 5.75 Å². The quantitative estimate of drug-likeness (QED) is 0.779. The van der Waals surface area contributed by atoms with Crippen molar-refractivity contribution in [1.29, 1.82) is 0 Å². The Kier molecular flexibility index (Phi) is 5.15. The first kappa shape index (κ1) is 16.5. The number of furan rings is 1. The van der Waals surface area contributed by atoms with Gasteiger partial charge in [-0.05, 0) is 61.6 Å². The highest BCUT2D eigenvalue weighted by Gasteiger charge is 2.32. The van der Waals surface area contributed by atoms with Crippen molar-refractivity contribution < 1.29 is 23.4 Å². The molecule has 2 N–H and O–H groups in total. The molecule has 5 nitrogen and oxygen atoms in total. The molecule has 1 aromatic carbocycles. The summed E-state index contributed by atoms with van der Waals surface area (Å²) >= 11 is 0. The normalized spacial score (nSPS) is 15.1. The van der Waals surface area contributed by atoms with E-state index in [0.717, 1.165) is 12.8 Å². The third kappa shape index (κ3) is 4.35. The topological polar surface area (TPSA) is 71.7 Å². The van der Waals surface area contributed by atoms with E-state index < -0.39 is 0 Å². The van der Waals surface area contributed by atoms with Crippen molar-refractivity contribution in [2.45, 2.75) is 31.9 Å². The van der Waals surface area contributed by atoms with Crippen LogP contribution in [0.25, 0.3) is 0 Å². The number of amides is 1. The summed E-state index contributed by atoms with van der Waals surface area (Å²) in [5, 5.41) is 12.0. The number of benzene rings is 1. The van der Waals surface area contributed by atoms with E-state index in [1.54, 1.807) is 12.1 Å². The summed E-state index contributed by atoms with van der Waals surface area (Å²) in [6.45, 7) is 0.206. The van der Waals surface area contributed by atoms with Gasteiger partial charge in [-0.25, -0.2) is 4.39 Å². The molecule has 1 fully saturated rings. The van der Waals surface area contributed by atoms with Gasteiger partial charge in [0.05, 0.1) is 0 Å². The maximum atomic E-state index is 12.8. The predicted octanol–water partition coefficient (Wildman–Crippen LogP) is 2.89. The van der Waals surface area contributed by atoms with E-state index in [0.29, 0.717) is 23.8 Å². The summed E-state index contributed by atoms with van der Waals surface area (Å²) in [4.78, 5) is 12.2. The Bertz CT molecular complexity index is 679. The lowest BCUT2D eigenvalue weighted by Gasteiger charge is -2.16. The van der Waals surface area contributed by atoms with Crippen LogP contribution < -0.4 is 10.1 Å². The fraction of sp³-hybridized carbons (Fsp3) is 0.389. The van der Waals surface area contributed by atoms with Gasteiger partial charge in [0.15, 0.2) is 5.76 Å². The molecule has 6 heteroatoms. The molecule has 3 rings (SSSR count). The van der Waals surface area contributed by atoms with Crippen LogP contribution in [0.1, 0.15) is 35.6 Å². The van der Waals surface area contributed by atoms with E-state index in [1.165, 1.54) is 24.3 Å². The fourth-order valence-electron chi connectivity index (χ4n) is 2.57. The van der Waals surface area contributed by atoms with Gasteiger partial charge < -0.3 is 19.6 Å². The van der Waals surface area contributed by atoms with E-state index in [-0.39, 0.29) is 36.7 Å². The maximum absolute atomic E-state index is 12.8. The molecule has 1 unspecified atom stereocenters. The number of rotatable bonds is 8. The second kappa shape index (κ2) is 7.49. The zero-order valence-electron chi connectivity index (χ0n) is 13.2. The van der Waals surface area contributed by atoms with Crippen LogP contribution in [0.2, 0.25) is 0 Å². The molecule has 1 heterocycles. The highest BCUT2D eigenvalue weighted by atomic mass is 19.1. The molecular weight excluding hydrogens is 313 g/mol. The molecule has 2 aromatic rings. The van der Waals surface area contributed by atoms with Crippen molar-refractivity contribution in [3.63, 3.8) is 0 Å². The Balaban J connectivity index is 1.54. The van der Waals surface area contributed by atoms with Crippen molar-refractivity contribution in [1.82, 2.24) is 5.32 Å². The molecule has 128 valence electrons. The van der Waals surface area contributed by atoms with Crippen molar-refractivity contribution in [2.24, 2.45) is 5.92 Å². The number of halogens is 1. The number of aliphatic hydroxyl groups is 1. The standard InChI is InChI=1S/C18H20FNO4/c19-13-3-5-14(6-4-13)23-11-15-7-8-17(24-15)18(22)20-16(9-10-21)12-1-2-12/h3-8,12,16,21H,1-2,9-11H2,(H,20,22). The van der Waals surface area contributed by atoms with E-state index in [4.69, 9.17) is 14.3 Å². The zero-order chi connectivity index (χ0) is 16.9. The van der Waals surface area contributed by atoms with Gasteiger partial charge in [-0.3, -0.25) is 4.79 Å². The van der Waals surface area contributed by atoms with Gasteiger partial charge in [0.25, 0.3) is 5.91 Å². The van der Waals surface area contributed by atoms with Gasteiger partial charge in [-0.1, -0.05) is 0 Å². The van der Waals surface area contributed by atoms with Crippen LogP contribution in [-0.2, 0) is 6.61 Å². The highest BCUT2D eigenvalue weighted by molar-refractivity contribution is 5.91. The molecule has 0 bridgehead atoms. The van der Waals surface area contributed by atoms with Crippen molar-refractivity contribution in [3.05, 3.63) is 53.7 Å². The number of carbonyl (C=O) groups excluding carboxylic acids is 1. The highest BCUT2D eigenvalue weighted by Crippen LogP contribution is 2.34. The minimum absolute atomic E-state index is 0.00786. The summed E-state index contributed by atoms with van der Waals surface area (Å²) in [5.41, 5.74) is 0. The van der Waals surface area contributed by atoms with E-state index in [9.17, 15) is 9.18 Å². The Morgan fingerprint density at radius 2 is 2.04 bits per heavy atom. The van der Waals surface area contributed by atoms with E-state index in [1.807, 2.05) is 0 Å². The van der Waals surface area contributed by atoms with Gasteiger partial charge in [-0.2, -0.15) is 0 Å². The average Bonchev–Trinajstić information content (AvgIpc) is 3.32. The maximum Gasteiger partial charge on any atom is 0.287 e. The average molecular weight is 333 g/mol. The lowest BCUT2D eigenvalue weighted by molar-refractivity contribution is 0.0892. The van der Waals surface area contributed by atoms with Crippen LogP contribution >= 0.6 is 0 Å². The summed E-state index contributed by atoms with van der Waals surface area (Å²) < 4.78 is 23.8. The molecule has 1 atom stereocenters. The van der Waals surface area contributed by atoms with Gasteiger partial charge in [0.2, 0.25) is 0 Å². The smallest absolute Gasteiger partial charge is 0.287 e. The number of ether oxygens (including phenoxy) is 1. The molecule has 0 radical (unpaired) electrons. The second-order valence-corrected chi connectivity index (χ2v) is 5.94. The second-order valence-electron chi connectivity index (χ2n) is 5.94. The first-order valence-electron chi connectivity index (χ1n) is 8.04. The van der Waals surface area contributed by atoms with Crippen LogP contribution in [0, 0.1) is 11.7 Å². The predicted molar refractivity (Wildman–Crippen MR) is 85.1 cm³/mol. The van der Waals surface area contributed by atoms with Crippen LogP contribution in [0.5, 0.6) is 5.75 Å². The van der Waals surface area contributed by atoms with Gasteiger partial charge >= 0.3 is 0 Å². The minimum Gasteiger partial charge on any atom is -0.486 e. The summed E-state index contributed by atoms with van der Waals surface area (Å²) in [5.74, 6) is 1.10. The largest absolute Gasteiger partial charge is 0.486 e. The molecule has 1 aromatic heterocycles. The van der Waals surface area contributed by atoms with Gasteiger partial charge in [-0.15, -0.1) is 0 Å². The SMILES string of the molecule is O=C(NC(CCO)C1CC1)c1ccc(COc2ccc(F)cc2)o1. The molecule has 1 saturated carbocycles. The number of carbonyl (C=O) groups is 1. The fourth-order valence-corrected chi connectivity index (χ4v) is 2.57. The molecule has 0 aliphatic heterocycles. The van der Waals surface area contributed by atoms with E-state index >= 15 is 0 Å². The molecule has 1 aliphatic carbocycles. The van der Waals surface area contributed by atoms with Crippen LogP contribution in [0.4, 0.5) is 4.39 Å². The van der Waals surface area contributed by atoms with Crippen molar-refractivity contribution >= 4 is 5.91 Å². The summed E-state index contributed by atoms with van der Waals surface area (Å²) in [6.07, 6.45) is 2.72. The number of nitrogens with one attached hydrogen (secondary N) is 1. The van der Waals surface area contributed by atoms with Crippen LogP contribution in [0.3, 0.4) is 0 Å². The third-order valence-electron chi connectivity index (χ3n) is 4.03. The lowest BCUT2D eigenvalue weighted by Crippen LogP contribution is -2.36. The molecule has 1 aliphatic rings. The molecule has 0 spiro atoms. The third-order valence-corrected chi connectivity index (χ3v) is 4.03. The molecule has 0 saturated heterocycles. The van der Waals surface area contributed by atoms with Crippen LogP contribution in [0.15, 0.2) is 40.8 Å². The van der Waals surface area contributed by atoms with Gasteiger partial charge in [0.1, 0.15) is 23.9 Å². The first-order chi connectivity index (χ1) is 11.7. The summed E-state index contributed by atoms with van der Waals surface area (Å²) in [7, 11) is 0. The Morgan fingerprint density at radius 3 is 2.71 bits per heavy atom. The Hall–Kier alpha value is -2.34.